The summed E-state index contributed by atoms with van der Waals surface area (Å²) in [6.07, 6.45) is 5.18. The number of hydrogen-bond donors (Lipinski definition) is 2. The Kier molecular flexibility index (Phi) is 5.11. The summed E-state index contributed by atoms with van der Waals surface area (Å²) in [5, 5.41) is 6.63. The van der Waals surface area contributed by atoms with Crippen molar-refractivity contribution in [3.05, 3.63) is 24.3 Å². The molecule has 1 heterocycles. The molecule has 1 rings (SSSR count). The van der Waals surface area contributed by atoms with Crippen LogP contribution in [0.25, 0.3) is 0 Å². The maximum Gasteiger partial charge on any atom is 0.0724 e. The van der Waals surface area contributed by atoms with Gasteiger partial charge in [-0.05, 0) is 0 Å². The molecule has 0 unspecified atom stereocenters. The van der Waals surface area contributed by atoms with Crippen LogP contribution in [0, 0.1) is 0 Å². The lowest BCUT2D eigenvalue weighted by atomic mass is 10.4. The standard InChI is InChI=1S/C10H18N4/c1-9(2)13-5-3-11-7-10-8-12-4-6-14-10/h4,6,8-9,11,13H,3,5,7H2,1-2H3. The number of aromatic nitrogens is 2. The topological polar surface area (TPSA) is 49.8 Å². The van der Waals surface area contributed by atoms with Crippen molar-refractivity contribution < 1.29 is 0 Å². The Bertz CT molecular complexity index is 235. The molecule has 4 nitrogen and oxygen atoms in total. The van der Waals surface area contributed by atoms with Crippen molar-refractivity contribution in [1.29, 1.82) is 0 Å². The Morgan fingerprint density at radius 1 is 1.29 bits per heavy atom. The van der Waals surface area contributed by atoms with E-state index in [-0.39, 0.29) is 0 Å². The van der Waals surface area contributed by atoms with Gasteiger partial charge in [-0.15, -0.1) is 0 Å². The molecule has 0 spiro atoms. The summed E-state index contributed by atoms with van der Waals surface area (Å²) in [7, 11) is 0. The van der Waals surface area contributed by atoms with Gasteiger partial charge in [0.15, 0.2) is 0 Å². The van der Waals surface area contributed by atoms with Gasteiger partial charge in [-0.2, -0.15) is 0 Å². The minimum Gasteiger partial charge on any atom is -0.313 e. The second-order valence-corrected chi connectivity index (χ2v) is 3.48. The monoisotopic (exact) mass is 194 g/mol. The highest BCUT2D eigenvalue weighted by atomic mass is 15.0. The smallest absolute Gasteiger partial charge is 0.0724 e. The van der Waals surface area contributed by atoms with E-state index in [4.69, 9.17) is 0 Å². The molecule has 0 radical (unpaired) electrons. The summed E-state index contributed by atoms with van der Waals surface area (Å²) in [5.41, 5.74) is 0.983. The Morgan fingerprint density at radius 2 is 2.14 bits per heavy atom. The third-order valence-electron chi connectivity index (χ3n) is 1.78. The quantitative estimate of drug-likeness (QED) is 0.650. The molecular formula is C10H18N4. The lowest BCUT2D eigenvalue weighted by Crippen LogP contribution is -2.31. The van der Waals surface area contributed by atoms with Crippen molar-refractivity contribution >= 4 is 0 Å². The van der Waals surface area contributed by atoms with Crippen LogP contribution >= 0.6 is 0 Å². The van der Waals surface area contributed by atoms with Crippen LogP contribution in [0.4, 0.5) is 0 Å². The first-order chi connectivity index (χ1) is 6.79. The molecule has 2 N–H and O–H groups in total. The minimum absolute atomic E-state index is 0.549. The predicted molar refractivity (Wildman–Crippen MR) is 56.9 cm³/mol. The molecule has 4 heteroatoms. The fourth-order valence-corrected chi connectivity index (χ4v) is 1.09. The van der Waals surface area contributed by atoms with E-state index >= 15 is 0 Å². The van der Waals surface area contributed by atoms with E-state index in [0.29, 0.717) is 6.04 Å². The van der Waals surface area contributed by atoms with Crippen LogP contribution in [-0.2, 0) is 6.54 Å². The average molecular weight is 194 g/mol. The van der Waals surface area contributed by atoms with Gasteiger partial charge in [0.25, 0.3) is 0 Å². The average Bonchev–Trinajstić information content (AvgIpc) is 2.18. The van der Waals surface area contributed by atoms with Crippen LogP contribution in [-0.4, -0.2) is 29.1 Å². The molecule has 0 fully saturated rings. The van der Waals surface area contributed by atoms with Crippen LogP contribution in [0.15, 0.2) is 18.6 Å². The van der Waals surface area contributed by atoms with Gasteiger partial charge in [0.1, 0.15) is 0 Å². The fraction of sp³-hybridized carbons (Fsp3) is 0.600. The van der Waals surface area contributed by atoms with Crippen molar-refractivity contribution in [1.82, 2.24) is 20.6 Å². The van der Waals surface area contributed by atoms with Crippen LogP contribution in [0.1, 0.15) is 19.5 Å². The van der Waals surface area contributed by atoms with E-state index in [1.807, 2.05) is 0 Å². The van der Waals surface area contributed by atoms with Gasteiger partial charge in [0.2, 0.25) is 0 Å². The molecule has 1 aromatic heterocycles. The molecule has 0 amide bonds. The SMILES string of the molecule is CC(C)NCCNCc1cnccn1. The maximum atomic E-state index is 4.17. The third kappa shape index (κ3) is 4.89. The summed E-state index contributed by atoms with van der Waals surface area (Å²) in [5.74, 6) is 0. The molecule has 0 aliphatic heterocycles. The van der Waals surface area contributed by atoms with Crippen LogP contribution in [0.3, 0.4) is 0 Å². The second-order valence-electron chi connectivity index (χ2n) is 3.48. The maximum absolute atomic E-state index is 4.17. The summed E-state index contributed by atoms with van der Waals surface area (Å²) < 4.78 is 0. The van der Waals surface area contributed by atoms with Gasteiger partial charge in [0.05, 0.1) is 5.69 Å². The van der Waals surface area contributed by atoms with E-state index in [9.17, 15) is 0 Å². The van der Waals surface area contributed by atoms with Gasteiger partial charge < -0.3 is 10.6 Å². The minimum atomic E-state index is 0.549. The van der Waals surface area contributed by atoms with Gasteiger partial charge in [-0.1, -0.05) is 13.8 Å². The lowest BCUT2D eigenvalue weighted by molar-refractivity contribution is 0.553. The summed E-state index contributed by atoms with van der Waals surface area (Å²) in [6.45, 7) is 7.01. The lowest BCUT2D eigenvalue weighted by Gasteiger charge is -2.08. The molecule has 14 heavy (non-hydrogen) atoms. The van der Waals surface area contributed by atoms with Crippen molar-refractivity contribution in [2.24, 2.45) is 0 Å². The molecular weight excluding hydrogens is 176 g/mol. The van der Waals surface area contributed by atoms with Gasteiger partial charge in [-0.25, -0.2) is 0 Å². The van der Waals surface area contributed by atoms with Crippen molar-refractivity contribution in [2.45, 2.75) is 26.4 Å². The zero-order chi connectivity index (χ0) is 10.2. The largest absolute Gasteiger partial charge is 0.313 e. The Morgan fingerprint density at radius 3 is 2.79 bits per heavy atom. The predicted octanol–water partition coefficient (Wildman–Crippen LogP) is 0.564. The fourth-order valence-electron chi connectivity index (χ4n) is 1.09. The Balaban J connectivity index is 2.05. The zero-order valence-corrected chi connectivity index (χ0v) is 8.83. The molecule has 0 aliphatic carbocycles. The molecule has 0 saturated carbocycles. The van der Waals surface area contributed by atoms with Crippen LogP contribution < -0.4 is 10.6 Å². The van der Waals surface area contributed by atoms with Crippen LogP contribution in [0.5, 0.6) is 0 Å². The molecule has 0 saturated heterocycles. The Labute approximate surface area is 85.2 Å². The number of rotatable bonds is 6. The summed E-state index contributed by atoms with van der Waals surface area (Å²) in [4.78, 5) is 8.16. The highest BCUT2D eigenvalue weighted by Gasteiger charge is 1.93. The number of hydrogen-bond acceptors (Lipinski definition) is 4. The van der Waals surface area contributed by atoms with Gasteiger partial charge in [0, 0.05) is 44.3 Å². The van der Waals surface area contributed by atoms with E-state index in [0.717, 1.165) is 25.3 Å². The van der Waals surface area contributed by atoms with Crippen molar-refractivity contribution in [3.63, 3.8) is 0 Å². The number of nitrogens with zero attached hydrogens (tertiary/aromatic N) is 2. The van der Waals surface area contributed by atoms with Gasteiger partial charge in [-0.3, -0.25) is 9.97 Å². The van der Waals surface area contributed by atoms with E-state index in [1.54, 1.807) is 18.6 Å². The van der Waals surface area contributed by atoms with Crippen molar-refractivity contribution in [2.75, 3.05) is 13.1 Å². The van der Waals surface area contributed by atoms with E-state index in [1.165, 1.54) is 0 Å². The zero-order valence-electron chi connectivity index (χ0n) is 8.83. The summed E-state index contributed by atoms with van der Waals surface area (Å²) >= 11 is 0. The van der Waals surface area contributed by atoms with Gasteiger partial charge >= 0.3 is 0 Å². The van der Waals surface area contributed by atoms with E-state index in [2.05, 4.69) is 34.4 Å². The highest BCUT2D eigenvalue weighted by molar-refractivity contribution is 4.93. The molecule has 0 aliphatic rings. The Hall–Kier alpha value is -1.00. The third-order valence-corrected chi connectivity index (χ3v) is 1.78. The van der Waals surface area contributed by atoms with Crippen LogP contribution in [0.2, 0.25) is 0 Å². The first-order valence-electron chi connectivity index (χ1n) is 4.98. The number of nitrogens with one attached hydrogen (secondary N) is 2. The highest BCUT2D eigenvalue weighted by Crippen LogP contribution is 1.87. The molecule has 78 valence electrons. The molecule has 0 aromatic carbocycles. The van der Waals surface area contributed by atoms with Crippen molar-refractivity contribution in [3.8, 4) is 0 Å². The molecule has 1 aromatic rings. The molecule has 0 bridgehead atoms. The normalized spacial score (nSPS) is 10.8. The second kappa shape index (κ2) is 6.45. The van der Waals surface area contributed by atoms with E-state index < -0.39 is 0 Å². The molecule has 0 atom stereocenters. The first kappa shape index (κ1) is 11.1. The summed E-state index contributed by atoms with van der Waals surface area (Å²) in [6, 6.07) is 0.549. The first-order valence-corrected chi connectivity index (χ1v) is 4.98.